The molecule has 0 bridgehead atoms. The van der Waals surface area contributed by atoms with Crippen molar-refractivity contribution in [1.82, 2.24) is 19.7 Å². The van der Waals surface area contributed by atoms with Gasteiger partial charge in [-0.3, -0.25) is 0 Å². The molecule has 17 heavy (non-hydrogen) atoms. The van der Waals surface area contributed by atoms with Gasteiger partial charge in [-0.05, 0) is 18.4 Å². The summed E-state index contributed by atoms with van der Waals surface area (Å²) in [6.45, 7) is 0. The van der Waals surface area contributed by atoms with Gasteiger partial charge in [0.05, 0.1) is 11.0 Å². The van der Waals surface area contributed by atoms with Crippen LogP contribution in [0.5, 0.6) is 0 Å². The van der Waals surface area contributed by atoms with Crippen LogP contribution in [0.2, 0.25) is 0 Å². The zero-order valence-electron chi connectivity index (χ0n) is 9.01. The minimum Gasteiger partial charge on any atom is -0.322 e. The monoisotopic (exact) mass is 248 g/mol. The van der Waals surface area contributed by atoms with Gasteiger partial charge in [0.25, 0.3) is 0 Å². The molecule has 0 unspecified atom stereocenters. The number of fused-ring (bicyclic) bond motifs is 1. The summed E-state index contributed by atoms with van der Waals surface area (Å²) in [7, 11) is 0. The first-order chi connectivity index (χ1) is 8.28. The minimum absolute atomic E-state index is 0.235. The molecule has 0 radical (unpaired) electrons. The lowest BCUT2D eigenvalue weighted by Crippen LogP contribution is -1.95. The number of halogens is 1. The number of rotatable bonds is 2. The lowest BCUT2D eigenvalue weighted by atomic mass is 10.3. The van der Waals surface area contributed by atoms with E-state index >= 15 is 0 Å². The number of hydrogen-bond acceptors (Lipinski definition) is 3. The molecule has 0 atom stereocenters. The molecule has 1 N–H and O–H groups in total. The van der Waals surface area contributed by atoms with Crippen molar-refractivity contribution in [3.63, 3.8) is 0 Å². The van der Waals surface area contributed by atoms with Gasteiger partial charge in [0, 0.05) is 23.4 Å². The van der Waals surface area contributed by atoms with Gasteiger partial charge in [-0.2, -0.15) is 5.10 Å². The number of thioether (sulfide) groups is 1. The van der Waals surface area contributed by atoms with Crippen molar-refractivity contribution in [3.05, 3.63) is 36.4 Å². The van der Waals surface area contributed by atoms with E-state index in [2.05, 4.69) is 15.1 Å². The highest BCUT2D eigenvalue weighted by Crippen LogP contribution is 2.24. The number of imidazole rings is 1. The van der Waals surface area contributed by atoms with E-state index in [-0.39, 0.29) is 5.82 Å². The van der Waals surface area contributed by atoms with Crippen molar-refractivity contribution in [2.45, 2.75) is 4.90 Å². The molecule has 1 aromatic carbocycles. The van der Waals surface area contributed by atoms with Gasteiger partial charge in [0.2, 0.25) is 5.95 Å². The molecule has 6 heteroatoms. The van der Waals surface area contributed by atoms with Crippen LogP contribution in [0.1, 0.15) is 0 Å². The summed E-state index contributed by atoms with van der Waals surface area (Å²) >= 11 is 1.37. The molecular formula is C11H9FN4S. The molecule has 3 rings (SSSR count). The van der Waals surface area contributed by atoms with E-state index in [0.29, 0.717) is 16.4 Å². The first kappa shape index (κ1) is 10.3. The highest BCUT2D eigenvalue weighted by atomic mass is 32.2. The van der Waals surface area contributed by atoms with E-state index in [1.807, 2.05) is 6.26 Å². The van der Waals surface area contributed by atoms with E-state index in [4.69, 9.17) is 0 Å². The molecule has 86 valence electrons. The maximum Gasteiger partial charge on any atom is 0.229 e. The van der Waals surface area contributed by atoms with Crippen LogP contribution in [-0.4, -0.2) is 26.0 Å². The predicted molar refractivity (Wildman–Crippen MR) is 65.0 cm³/mol. The van der Waals surface area contributed by atoms with Gasteiger partial charge in [0.1, 0.15) is 5.82 Å². The summed E-state index contributed by atoms with van der Waals surface area (Å²) < 4.78 is 15.2. The van der Waals surface area contributed by atoms with Crippen LogP contribution >= 0.6 is 11.8 Å². The maximum absolute atomic E-state index is 13.6. The molecule has 2 heterocycles. The summed E-state index contributed by atoms with van der Waals surface area (Å²) in [6.07, 6.45) is 5.29. The molecule has 0 aliphatic rings. The number of nitrogens with zero attached hydrogens (tertiary/aromatic N) is 3. The van der Waals surface area contributed by atoms with Gasteiger partial charge in [-0.15, -0.1) is 11.8 Å². The number of aromatic nitrogens is 4. The normalized spacial score (nSPS) is 11.2. The Balaban J connectivity index is 2.19. The van der Waals surface area contributed by atoms with Crippen molar-refractivity contribution in [3.8, 4) is 5.95 Å². The molecule has 0 amide bonds. The highest BCUT2D eigenvalue weighted by molar-refractivity contribution is 7.98. The van der Waals surface area contributed by atoms with Crippen LogP contribution in [0.15, 0.2) is 35.5 Å². The van der Waals surface area contributed by atoms with Crippen molar-refractivity contribution < 1.29 is 4.39 Å². The second-order valence-electron chi connectivity index (χ2n) is 3.51. The minimum atomic E-state index is -0.235. The zero-order chi connectivity index (χ0) is 11.8. The van der Waals surface area contributed by atoms with Crippen molar-refractivity contribution >= 4 is 22.8 Å². The SMILES string of the molecule is CSc1cc2nc(-n3cccn3)[nH]c2cc1F. The largest absolute Gasteiger partial charge is 0.322 e. The summed E-state index contributed by atoms with van der Waals surface area (Å²) in [6, 6.07) is 5.00. The number of benzene rings is 1. The third-order valence-electron chi connectivity index (χ3n) is 2.46. The van der Waals surface area contributed by atoms with E-state index < -0.39 is 0 Å². The molecule has 0 saturated carbocycles. The molecule has 2 aromatic heterocycles. The third-order valence-corrected chi connectivity index (χ3v) is 3.22. The average molecular weight is 248 g/mol. The fourth-order valence-electron chi connectivity index (χ4n) is 1.66. The molecule has 0 aliphatic heterocycles. The fourth-order valence-corrected chi connectivity index (χ4v) is 2.14. The maximum atomic E-state index is 13.6. The summed E-state index contributed by atoms with van der Waals surface area (Å²) in [4.78, 5) is 7.99. The smallest absolute Gasteiger partial charge is 0.229 e. The Bertz CT molecular complexity index is 659. The van der Waals surface area contributed by atoms with Gasteiger partial charge < -0.3 is 4.98 Å². The van der Waals surface area contributed by atoms with Crippen LogP contribution in [0.3, 0.4) is 0 Å². The number of aromatic amines is 1. The second kappa shape index (κ2) is 3.89. The fraction of sp³-hybridized carbons (Fsp3) is 0.0909. The van der Waals surface area contributed by atoms with E-state index in [1.165, 1.54) is 17.8 Å². The molecular weight excluding hydrogens is 239 g/mol. The first-order valence-corrected chi connectivity index (χ1v) is 6.23. The Morgan fingerprint density at radius 3 is 3.00 bits per heavy atom. The first-order valence-electron chi connectivity index (χ1n) is 5.01. The van der Waals surface area contributed by atoms with E-state index in [1.54, 1.807) is 29.2 Å². The molecule has 4 nitrogen and oxygen atoms in total. The van der Waals surface area contributed by atoms with Gasteiger partial charge >= 0.3 is 0 Å². The summed E-state index contributed by atoms with van der Waals surface area (Å²) in [5.41, 5.74) is 1.41. The molecule has 0 aliphatic carbocycles. The Morgan fingerprint density at radius 1 is 1.41 bits per heavy atom. The zero-order valence-corrected chi connectivity index (χ0v) is 9.83. The van der Waals surface area contributed by atoms with Crippen molar-refractivity contribution in [2.75, 3.05) is 6.26 Å². The van der Waals surface area contributed by atoms with Crippen LogP contribution in [0.25, 0.3) is 17.0 Å². The lowest BCUT2D eigenvalue weighted by Gasteiger charge is -1.97. The van der Waals surface area contributed by atoms with Crippen LogP contribution in [0.4, 0.5) is 4.39 Å². The van der Waals surface area contributed by atoms with Gasteiger partial charge in [-0.25, -0.2) is 14.1 Å². The summed E-state index contributed by atoms with van der Waals surface area (Å²) in [5.74, 6) is 0.350. The quantitative estimate of drug-likeness (QED) is 0.709. The Hall–Kier alpha value is -1.82. The number of H-pyrrole nitrogens is 1. The predicted octanol–water partition coefficient (Wildman–Crippen LogP) is 2.61. The van der Waals surface area contributed by atoms with Gasteiger partial charge in [0.15, 0.2) is 0 Å². The third kappa shape index (κ3) is 1.70. The van der Waals surface area contributed by atoms with Crippen LogP contribution < -0.4 is 0 Å². The number of nitrogens with one attached hydrogen (secondary N) is 1. The van der Waals surface area contributed by atoms with Crippen molar-refractivity contribution in [2.24, 2.45) is 0 Å². The van der Waals surface area contributed by atoms with E-state index in [0.717, 1.165) is 5.52 Å². The topological polar surface area (TPSA) is 46.5 Å². The Kier molecular flexibility index (Phi) is 2.36. The molecule has 0 saturated heterocycles. The second-order valence-corrected chi connectivity index (χ2v) is 4.36. The van der Waals surface area contributed by atoms with E-state index in [9.17, 15) is 4.39 Å². The molecule has 3 aromatic rings. The van der Waals surface area contributed by atoms with Gasteiger partial charge in [-0.1, -0.05) is 0 Å². The Morgan fingerprint density at radius 2 is 2.29 bits per heavy atom. The van der Waals surface area contributed by atoms with Crippen LogP contribution in [-0.2, 0) is 0 Å². The lowest BCUT2D eigenvalue weighted by molar-refractivity contribution is 0.604. The van der Waals surface area contributed by atoms with Crippen LogP contribution in [0, 0.1) is 5.82 Å². The van der Waals surface area contributed by atoms with Crippen molar-refractivity contribution in [1.29, 1.82) is 0 Å². The summed E-state index contributed by atoms with van der Waals surface area (Å²) in [5, 5.41) is 4.07. The average Bonchev–Trinajstić information content (AvgIpc) is 2.95. The highest BCUT2D eigenvalue weighted by Gasteiger charge is 2.09. The standard InChI is InChI=1S/C11H9FN4S/c1-17-10-6-9-8(5-7(10)12)14-11(15-9)16-4-2-3-13-16/h2-6H,1H3,(H,14,15). The molecule has 0 spiro atoms. The molecule has 0 fully saturated rings. The Labute approximate surface area is 101 Å². The number of hydrogen-bond donors (Lipinski definition) is 1.